The summed E-state index contributed by atoms with van der Waals surface area (Å²) in [7, 11) is 1.65. The molecule has 1 amide bonds. The van der Waals surface area contributed by atoms with Crippen molar-refractivity contribution in [3.8, 4) is 5.75 Å². The van der Waals surface area contributed by atoms with E-state index in [2.05, 4.69) is 9.88 Å². The fraction of sp³-hybridized carbons (Fsp3) is 0.190. The summed E-state index contributed by atoms with van der Waals surface area (Å²) in [5.74, 6) is 0.789. The average Bonchev–Trinajstić information content (AvgIpc) is 3.16. The van der Waals surface area contributed by atoms with Gasteiger partial charge in [-0.2, -0.15) is 0 Å². The number of amides is 1. The molecule has 1 aromatic heterocycles. The van der Waals surface area contributed by atoms with E-state index in [1.54, 1.807) is 7.11 Å². The van der Waals surface area contributed by atoms with Gasteiger partial charge in [0.15, 0.2) is 0 Å². The van der Waals surface area contributed by atoms with Crippen molar-refractivity contribution in [3.63, 3.8) is 0 Å². The molecule has 0 bridgehead atoms. The van der Waals surface area contributed by atoms with Gasteiger partial charge in [-0.15, -0.1) is 0 Å². The molecule has 0 radical (unpaired) electrons. The van der Waals surface area contributed by atoms with Gasteiger partial charge in [-0.25, -0.2) is 0 Å². The van der Waals surface area contributed by atoms with Crippen LogP contribution in [0.2, 0.25) is 0 Å². The lowest BCUT2D eigenvalue weighted by molar-refractivity contribution is -0.116. The first-order chi connectivity index (χ1) is 12.2. The van der Waals surface area contributed by atoms with Crippen LogP contribution in [0.3, 0.4) is 0 Å². The normalized spacial score (nSPS) is 11.8. The zero-order valence-corrected chi connectivity index (χ0v) is 14.5. The molecule has 0 aliphatic heterocycles. The lowest BCUT2D eigenvalue weighted by Crippen LogP contribution is -2.19. The number of anilines is 1. The number of hydrogen-bond donors (Lipinski definition) is 1. The van der Waals surface area contributed by atoms with E-state index in [0.29, 0.717) is 6.42 Å². The number of aryl methyl sites for hydroxylation is 1. The Morgan fingerprint density at radius 1 is 1.04 bits per heavy atom. The molecule has 1 atom stereocenters. The minimum atomic E-state index is -0.0636. The van der Waals surface area contributed by atoms with Gasteiger partial charge in [0.25, 0.3) is 0 Å². The Kier molecular flexibility index (Phi) is 5.19. The molecule has 2 aromatic carbocycles. The fourth-order valence-electron chi connectivity index (χ4n) is 2.80. The van der Waals surface area contributed by atoms with E-state index in [1.165, 1.54) is 5.56 Å². The molecule has 0 aliphatic carbocycles. The SMILES string of the molecule is COc1ccc(C(CC(=O)Nc2ccc(C)cc2)n2cccc2)cc1. The Hall–Kier alpha value is -3.01. The van der Waals surface area contributed by atoms with E-state index in [9.17, 15) is 4.79 Å². The maximum absolute atomic E-state index is 12.6. The molecule has 1 N–H and O–H groups in total. The predicted octanol–water partition coefficient (Wildman–Crippen LogP) is 4.42. The second kappa shape index (κ2) is 7.71. The van der Waals surface area contributed by atoms with Crippen LogP contribution in [0, 0.1) is 6.92 Å². The largest absolute Gasteiger partial charge is 0.497 e. The lowest BCUT2D eigenvalue weighted by atomic mass is 10.0. The molecule has 0 fully saturated rings. The molecule has 3 rings (SSSR count). The number of rotatable bonds is 6. The molecule has 1 unspecified atom stereocenters. The zero-order chi connectivity index (χ0) is 17.6. The summed E-state index contributed by atoms with van der Waals surface area (Å²) in [6.45, 7) is 2.03. The van der Waals surface area contributed by atoms with Crippen LogP contribution in [0.4, 0.5) is 5.69 Å². The molecule has 0 saturated heterocycles. The van der Waals surface area contributed by atoms with Crippen molar-refractivity contribution in [2.75, 3.05) is 12.4 Å². The highest BCUT2D eigenvalue weighted by molar-refractivity contribution is 5.91. The third kappa shape index (κ3) is 4.29. The van der Waals surface area contributed by atoms with Gasteiger partial charge in [-0.1, -0.05) is 29.8 Å². The summed E-state index contributed by atoms with van der Waals surface area (Å²) in [6, 6.07) is 19.5. The number of carbonyl (C=O) groups excluding carboxylic acids is 1. The van der Waals surface area contributed by atoms with Gasteiger partial charge in [0.05, 0.1) is 19.6 Å². The molecule has 4 nitrogen and oxygen atoms in total. The van der Waals surface area contributed by atoms with Crippen molar-refractivity contribution >= 4 is 11.6 Å². The maximum atomic E-state index is 12.6. The fourth-order valence-corrected chi connectivity index (χ4v) is 2.80. The van der Waals surface area contributed by atoms with Gasteiger partial charge in [-0.05, 0) is 48.9 Å². The van der Waals surface area contributed by atoms with Gasteiger partial charge in [0.1, 0.15) is 5.75 Å². The number of carbonyl (C=O) groups is 1. The van der Waals surface area contributed by atoms with Crippen molar-refractivity contribution in [2.24, 2.45) is 0 Å². The van der Waals surface area contributed by atoms with Crippen LogP contribution in [0.1, 0.15) is 23.6 Å². The monoisotopic (exact) mass is 334 g/mol. The Labute approximate surface area is 148 Å². The third-order valence-corrected chi connectivity index (χ3v) is 4.20. The summed E-state index contributed by atoms with van der Waals surface area (Å²) in [6.07, 6.45) is 4.32. The van der Waals surface area contributed by atoms with Crippen molar-refractivity contribution in [3.05, 3.63) is 84.2 Å². The number of hydrogen-bond acceptors (Lipinski definition) is 2. The Morgan fingerprint density at radius 3 is 2.28 bits per heavy atom. The summed E-state index contributed by atoms with van der Waals surface area (Å²) >= 11 is 0. The summed E-state index contributed by atoms with van der Waals surface area (Å²) in [4.78, 5) is 12.6. The number of methoxy groups -OCH3 is 1. The van der Waals surface area contributed by atoms with E-state index >= 15 is 0 Å². The van der Waals surface area contributed by atoms with Crippen LogP contribution in [-0.4, -0.2) is 17.6 Å². The number of nitrogens with one attached hydrogen (secondary N) is 1. The molecule has 4 heteroatoms. The van der Waals surface area contributed by atoms with Crippen LogP contribution in [0.15, 0.2) is 73.1 Å². The molecular weight excluding hydrogens is 312 g/mol. The topological polar surface area (TPSA) is 43.3 Å². The average molecular weight is 334 g/mol. The third-order valence-electron chi connectivity index (χ3n) is 4.20. The van der Waals surface area contributed by atoms with Gasteiger partial charge in [0.2, 0.25) is 5.91 Å². The molecule has 0 aliphatic rings. The Morgan fingerprint density at radius 2 is 1.68 bits per heavy atom. The summed E-state index contributed by atoms with van der Waals surface area (Å²) in [5, 5.41) is 2.98. The van der Waals surface area contributed by atoms with E-state index in [4.69, 9.17) is 4.74 Å². The Balaban J connectivity index is 1.77. The second-order valence-electron chi connectivity index (χ2n) is 6.04. The van der Waals surface area contributed by atoms with Gasteiger partial charge >= 0.3 is 0 Å². The molecule has 0 saturated carbocycles. The van der Waals surface area contributed by atoms with Crippen LogP contribution < -0.4 is 10.1 Å². The van der Waals surface area contributed by atoms with Crippen molar-refractivity contribution in [1.82, 2.24) is 4.57 Å². The van der Waals surface area contributed by atoms with Gasteiger partial charge in [0, 0.05) is 18.1 Å². The maximum Gasteiger partial charge on any atom is 0.226 e. The lowest BCUT2D eigenvalue weighted by Gasteiger charge is -2.19. The molecule has 3 aromatic rings. The molecule has 1 heterocycles. The molecule has 0 spiro atoms. The first-order valence-corrected chi connectivity index (χ1v) is 8.28. The molecule has 128 valence electrons. The highest BCUT2D eigenvalue weighted by atomic mass is 16.5. The van der Waals surface area contributed by atoms with Gasteiger partial charge in [-0.3, -0.25) is 4.79 Å². The number of aromatic nitrogens is 1. The van der Waals surface area contributed by atoms with Crippen molar-refractivity contribution in [2.45, 2.75) is 19.4 Å². The Bertz CT molecular complexity index is 806. The number of ether oxygens (including phenoxy) is 1. The van der Waals surface area contributed by atoms with Crippen molar-refractivity contribution in [1.29, 1.82) is 0 Å². The minimum Gasteiger partial charge on any atom is -0.497 e. The molecule has 25 heavy (non-hydrogen) atoms. The molecular formula is C21H22N2O2. The predicted molar refractivity (Wildman–Crippen MR) is 100.0 cm³/mol. The smallest absolute Gasteiger partial charge is 0.226 e. The van der Waals surface area contributed by atoms with Crippen molar-refractivity contribution < 1.29 is 9.53 Å². The van der Waals surface area contributed by atoms with Crippen LogP contribution >= 0.6 is 0 Å². The number of nitrogens with zero attached hydrogens (tertiary/aromatic N) is 1. The van der Waals surface area contributed by atoms with E-state index < -0.39 is 0 Å². The second-order valence-corrected chi connectivity index (χ2v) is 6.04. The highest BCUT2D eigenvalue weighted by Gasteiger charge is 2.17. The quantitative estimate of drug-likeness (QED) is 0.725. The zero-order valence-electron chi connectivity index (χ0n) is 14.5. The first-order valence-electron chi connectivity index (χ1n) is 8.28. The highest BCUT2D eigenvalue weighted by Crippen LogP contribution is 2.25. The number of benzene rings is 2. The van der Waals surface area contributed by atoms with Crippen LogP contribution in [0.5, 0.6) is 5.75 Å². The van der Waals surface area contributed by atoms with Gasteiger partial charge < -0.3 is 14.6 Å². The standard InChI is InChI=1S/C21H22N2O2/c1-16-5-9-18(10-6-16)22-21(24)15-20(23-13-3-4-14-23)17-7-11-19(25-2)12-8-17/h3-14,20H,15H2,1-2H3,(H,22,24). The summed E-state index contributed by atoms with van der Waals surface area (Å²) in [5.41, 5.74) is 3.05. The first kappa shape index (κ1) is 16.8. The minimum absolute atomic E-state index is 0.0154. The van der Waals surface area contributed by atoms with E-state index in [-0.39, 0.29) is 11.9 Å². The van der Waals surface area contributed by atoms with Crippen LogP contribution in [-0.2, 0) is 4.79 Å². The van der Waals surface area contributed by atoms with Crippen LogP contribution in [0.25, 0.3) is 0 Å². The summed E-state index contributed by atoms with van der Waals surface area (Å²) < 4.78 is 7.28. The van der Waals surface area contributed by atoms with E-state index in [0.717, 1.165) is 17.0 Å². The van der Waals surface area contributed by atoms with E-state index in [1.807, 2.05) is 80.0 Å².